The van der Waals surface area contributed by atoms with Gasteiger partial charge in [0.25, 0.3) is 0 Å². The highest BCUT2D eigenvalue weighted by atomic mass is 32.2. The van der Waals surface area contributed by atoms with Crippen molar-refractivity contribution >= 4 is 9.84 Å². The van der Waals surface area contributed by atoms with Crippen molar-refractivity contribution in [2.24, 2.45) is 5.92 Å². The third-order valence-electron chi connectivity index (χ3n) is 4.32. The van der Waals surface area contributed by atoms with Crippen molar-refractivity contribution in [3.05, 3.63) is 35.4 Å². The Bertz CT molecular complexity index is 536. The first-order valence-corrected chi connectivity index (χ1v) is 9.29. The molecular formula is C16H24O3S. The number of sulfone groups is 1. The molecular weight excluding hydrogens is 272 g/mol. The van der Waals surface area contributed by atoms with Crippen LogP contribution < -0.4 is 0 Å². The average molecular weight is 296 g/mol. The van der Waals surface area contributed by atoms with E-state index in [1.54, 1.807) is 6.92 Å². The lowest BCUT2D eigenvalue weighted by Crippen LogP contribution is -2.27. The van der Waals surface area contributed by atoms with Gasteiger partial charge in [0, 0.05) is 5.75 Å². The summed E-state index contributed by atoms with van der Waals surface area (Å²) in [7, 11) is -2.91. The van der Waals surface area contributed by atoms with Crippen molar-refractivity contribution in [2.75, 3.05) is 11.5 Å². The fourth-order valence-corrected chi connectivity index (χ4v) is 3.84. The summed E-state index contributed by atoms with van der Waals surface area (Å²) < 4.78 is 22.9. The molecule has 0 radical (unpaired) electrons. The van der Waals surface area contributed by atoms with Crippen molar-refractivity contribution in [1.29, 1.82) is 0 Å². The molecule has 3 nitrogen and oxygen atoms in total. The maximum absolute atomic E-state index is 11.4. The van der Waals surface area contributed by atoms with Crippen LogP contribution in [-0.2, 0) is 22.7 Å². The number of hydrogen-bond acceptors (Lipinski definition) is 3. The molecule has 0 aromatic heterocycles. The van der Waals surface area contributed by atoms with Gasteiger partial charge in [0.2, 0.25) is 0 Å². The summed E-state index contributed by atoms with van der Waals surface area (Å²) in [5, 5.41) is 10.3. The molecule has 1 aromatic rings. The van der Waals surface area contributed by atoms with Crippen LogP contribution in [0.15, 0.2) is 24.3 Å². The molecule has 2 atom stereocenters. The van der Waals surface area contributed by atoms with E-state index in [1.165, 1.54) is 11.1 Å². The fourth-order valence-electron chi connectivity index (χ4n) is 2.95. The topological polar surface area (TPSA) is 54.4 Å². The summed E-state index contributed by atoms with van der Waals surface area (Å²) >= 11 is 0. The predicted octanol–water partition coefficient (Wildman–Crippen LogP) is 2.37. The van der Waals surface area contributed by atoms with Crippen LogP contribution in [0, 0.1) is 5.92 Å². The maximum atomic E-state index is 11.4. The molecule has 1 aromatic carbocycles. The Hall–Kier alpha value is -0.870. The van der Waals surface area contributed by atoms with Gasteiger partial charge in [-0.1, -0.05) is 31.2 Å². The molecule has 0 amide bonds. The van der Waals surface area contributed by atoms with Gasteiger partial charge < -0.3 is 5.11 Å². The molecule has 0 aliphatic heterocycles. The summed E-state index contributed by atoms with van der Waals surface area (Å²) in [6.45, 7) is 1.67. The second kappa shape index (κ2) is 6.72. The quantitative estimate of drug-likeness (QED) is 0.877. The highest BCUT2D eigenvalue weighted by Gasteiger charge is 2.24. The second-order valence-electron chi connectivity index (χ2n) is 5.72. The van der Waals surface area contributed by atoms with Crippen molar-refractivity contribution in [3.8, 4) is 0 Å². The second-order valence-corrected chi connectivity index (χ2v) is 8.19. The first kappa shape index (κ1) is 15.5. The lowest BCUT2D eigenvalue weighted by molar-refractivity contribution is 0.0903. The highest BCUT2D eigenvalue weighted by molar-refractivity contribution is 7.91. The van der Waals surface area contributed by atoms with E-state index in [4.69, 9.17) is 0 Å². The molecule has 112 valence electrons. The van der Waals surface area contributed by atoms with Gasteiger partial charge in [0.15, 0.2) is 0 Å². The molecule has 1 N–H and O–H groups in total. The first-order valence-electron chi connectivity index (χ1n) is 7.47. The smallest absolute Gasteiger partial charge is 0.150 e. The number of aliphatic hydroxyl groups excluding tert-OH is 1. The van der Waals surface area contributed by atoms with E-state index in [1.807, 2.05) is 6.07 Å². The van der Waals surface area contributed by atoms with Crippen molar-refractivity contribution in [3.63, 3.8) is 0 Å². The minimum atomic E-state index is -2.91. The van der Waals surface area contributed by atoms with E-state index in [9.17, 15) is 13.5 Å². The van der Waals surface area contributed by atoms with Gasteiger partial charge in [-0.3, -0.25) is 0 Å². The van der Waals surface area contributed by atoms with Gasteiger partial charge >= 0.3 is 0 Å². The summed E-state index contributed by atoms with van der Waals surface area (Å²) in [5.41, 5.74) is 2.73. The van der Waals surface area contributed by atoms with E-state index in [0.29, 0.717) is 12.8 Å². The van der Waals surface area contributed by atoms with Crippen LogP contribution >= 0.6 is 0 Å². The standard InChI is InChI=1S/C16H24O3S/c1-2-20(18,19)11-5-8-16(17)15-10-9-13-6-3-4-7-14(13)12-15/h3-4,6-7,15-17H,2,5,8-12H2,1H3. The first-order chi connectivity index (χ1) is 9.52. The molecule has 1 aliphatic carbocycles. The minimum absolute atomic E-state index is 0.194. The summed E-state index contributed by atoms with van der Waals surface area (Å²) in [5.74, 6) is 0.665. The number of aliphatic hydroxyl groups is 1. The number of hydrogen-bond donors (Lipinski definition) is 1. The molecule has 20 heavy (non-hydrogen) atoms. The fraction of sp³-hybridized carbons (Fsp3) is 0.625. The van der Waals surface area contributed by atoms with E-state index < -0.39 is 9.84 Å². The molecule has 0 fully saturated rings. The van der Waals surface area contributed by atoms with E-state index >= 15 is 0 Å². The summed E-state index contributed by atoms with van der Waals surface area (Å²) in [6.07, 6.45) is 3.71. The Labute approximate surface area is 121 Å². The summed E-state index contributed by atoms with van der Waals surface area (Å²) in [6, 6.07) is 8.40. The minimum Gasteiger partial charge on any atom is -0.393 e. The number of rotatable bonds is 6. The Balaban J connectivity index is 1.84. The Morgan fingerprint density at radius 2 is 2.00 bits per heavy atom. The average Bonchev–Trinajstić information content (AvgIpc) is 2.46. The van der Waals surface area contributed by atoms with Crippen LogP contribution in [0.25, 0.3) is 0 Å². The summed E-state index contributed by atoms with van der Waals surface area (Å²) in [4.78, 5) is 0. The van der Waals surface area contributed by atoms with E-state index in [0.717, 1.165) is 19.3 Å². The Morgan fingerprint density at radius 1 is 1.30 bits per heavy atom. The molecule has 0 saturated carbocycles. The van der Waals surface area contributed by atoms with Crippen molar-refractivity contribution < 1.29 is 13.5 Å². The maximum Gasteiger partial charge on any atom is 0.150 e. The highest BCUT2D eigenvalue weighted by Crippen LogP contribution is 2.28. The van der Waals surface area contributed by atoms with Gasteiger partial charge in [0.1, 0.15) is 9.84 Å². The van der Waals surface area contributed by atoms with Crippen LogP contribution in [0.1, 0.15) is 37.3 Å². The van der Waals surface area contributed by atoms with Crippen molar-refractivity contribution in [1.82, 2.24) is 0 Å². The molecule has 4 heteroatoms. The number of benzene rings is 1. The Morgan fingerprint density at radius 3 is 2.70 bits per heavy atom. The van der Waals surface area contributed by atoms with Gasteiger partial charge in [-0.15, -0.1) is 0 Å². The van der Waals surface area contributed by atoms with Crippen LogP contribution in [-0.4, -0.2) is 31.1 Å². The SMILES string of the molecule is CCS(=O)(=O)CCCC(O)C1CCc2ccccc2C1. The molecule has 1 aliphatic rings. The molecule has 0 bridgehead atoms. The number of fused-ring (bicyclic) bond motifs is 1. The molecule has 0 spiro atoms. The van der Waals surface area contributed by atoms with Crippen molar-refractivity contribution in [2.45, 2.75) is 45.1 Å². The van der Waals surface area contributed by atoms with E-state index in [-0.39, 0.29) is 23.5 Å². The lowest BCUT2D eigenvalue weighted by atomic mass is 9.80. The third kappa shape index (κ3) is 4.06. The van der Waals surface area contributed by atoms with Gasteiger partial charge in [-0.25, -0.2) is 8.42 Å². The van der Waals surface area contributed by atoms with Gasteiger partial charge in [-0.2, -0.15) is 0 Å². The zero-order chi connectivity index (χ0) is 14.6. The number of aryl methyl sites for hydroxylation is 1. The monoisotopic (exact) mass is 296 g/mol. The normalized spacial score (nSPS) is 20.4. The zero-order valence-electron chi connectivity index (χ0n) is 12.1. The van der Waals surface area contributed by atoms with Crippen LogP contribution in [0.2, 0.25) is 0 Å². The van der Waals surface area contributed by atoms with Gasteiger partial charge in [-0.05, 0) is 49.1 Å². The van der Waals surface area contributed by atoms with Gasteiger partial charge in [0.05, 0.1) is 11.9 Å². The van der Waals surface area contributed by atoms with Crippen LogP contribution in [0.4, 0.5) is 0 Å². The van der Waals surface area contributed by atoms with E-state index in [2.05, 4.69) is 18.2 Å². The lowest BCUT2D eigenvalue weighted by Gasteiger charge is -2.28. The molecule has 0 saturated heterocycles. The van der Waals surface area contributed by atoms with Crippen LogP contribution in [0.3, 0.4) is 0 Å². The third-order valence-corrected chi connectivity index (χ3v) is 6.11. The largest absolute Gasteiger partial charge is 0.393 e. The molecule has 2 unspecified atom stereocenters. The van der Waals surface area contributed by atoms with Crippen LogP contribution in [0.5, 0.6) is 0 Å². The zero-order valence-corrected chi connectivity index (χ0v) is 12.9. The molecule has 0 heterocycles. The Kier molecular flexibility index (Phi) is 5.22. The predicted molar refractivity (Wildman–Crippen MR) is 81.5 cm³/mol. The molecule has 2 rings (SSSR count).